The van der Waals surface area contributed by atoms with Gasteiger partial charge in [-0.15, -0.1) is 0 Å². The Morgan fingerprint density at radius 3 is 2.78 bits per heavy atom. The minimum Gasteiger partial charge on any atom is -0.435 e. The van der Waals surface area contributed by atoms with Gasteiger partial charge >= 0.3 is 0 Å². The maximum absolute atomic E-state index is 12.6. The lowest BCUT2D eigenvalue weighted by atomic mass is 9.92. The van der Waals surface area contributed by atoms with Crippen LogP contribution in [-0.2, 0) is 18.4 Å². The first-order chi connectivity index (χ1) is 13.0. The molecule has 142 valence electrons. The molecule has 1 aromatic heterocycles. The van der Waals surface area contributed by atoms with Gasteiger partial charge in [-0.05, 0) is 50.1 Å². The summed E-state index contributed by atoms with van der Waals surface area (Å²) in [6, 6.07) is 12.5. The molecule has 2 heterocycles. The van der Waals surface area contributed by atoms with Gasteiger partial charge in [0.15, 0.2) is 11.3 Å². The van der Waals surface area contributed by atoms with Gasteiger partial charge in [-0.3, -0.25) is 10.1 Å². The smallest absolute Gasteiger partial charge is 0.263 e. The number of carbonyl (C=O) groups excluding carboxylic acids is 1. The predicted molar refractivity (Wildman–Crippen MR) is 103 cm³/mol. The van der Waals surface area contributed by atoms with E-state index in [1.165, 1.54) is 5.56 Å². The minimum atomic E-state index is -0.847. The van der Waals surface area contributed by atoms with Gasteiger partial charge in [0, 0.05) is 6.42 Å². The normalized spacial score (nSPS) is 19.3. The summed E-state index contributed by atoms with van der Waals surface area (Å²) < 4.78 is 5.91. The molecule has 5 heteroatoms. The quantitative estimate of drug-likeness (QED) is 0.710. The zero-order valence-electron chi connectivity index (χ0n) is 16.1. The van der Waals surface area contributed by atoms with Crippen LogP contribution in [-0.4, -0.2) is 17.3 Å². The topological polar surface area (TPSA) is 78.9 Å². The average molecular weight is 365 g/mol. The fourth-order valence-corrected chi connectivity index (χ4v) is 3.62. The number of ketones is 1. The molecule has 5 nitrogen and oxygen atoms in total. The number of hydrogen-bond acceptors (Lipinski definition) is 5. The second-order valence-corrected chi connectivity index (χ2v) is 7.70. The third-order valence-electron chi connectivity index (χ3n) is 4.98. The Kier molecular flexibility index (Phi) is 6.08. The molecule has 1 N–H and O–H groups in total. The summed E-state index contributed by atoms with van der Waals surface area (Å²) in [6.07, 6.45) is 4.29. The third-order valence-corrected chi connectivity index (χ3v) is 4.98. The number of benzene rings is 1. The molecule has 3 rings (SSSR count). The van der Waals surface area contributed by atoms with Crippen LogP contribution in [0.4, 0.5) is 0 Å². The molecule has 0 amide bonds. The highest BCUT2D eigenvalue weighted by Crippen LogP contribution is 2.34. The zero-order chi connectivity index (χ0) is 19.3. The number of oxazole rings is 1. The van der Waals surface area contributed by atoms with Crippen LogP contribution in [0, 0.1) is 17.2 Å². The van der Waals surface area contributed by atoms with E-state index in [0.717, 1.165) is 31.5 Å². The number of aryl methyl sites for hydroxylation is 1. The van der Waals surface area contributed by atoms with Crippen molar-refractivity contribution < 1.29 is 9.21 Å². The zero-order valence-corrected chi connectivity index (χ0v) is 16.1. The monoisotopic (exact) mass is 365 g/mol. The van der Waals surface area contributed by atoms with Crippen molar-refractivity contribution in [1.29, 1.82) is 5.26 Å². The van der Waals surface area contributed by atoms with Crippen LogP contribution in [0.1, 0.15) is 67.2 Å². The number of nitrogens with one attached hydrogen (secondary N) is 1. The van der Waals surface area contributed by atoms with E-state index in [-0.39, 0.29) is 11.7 Å². The van der Waals surface area contributed by atoms with Crippen LogP contribution < -0.4 is 5.32 Å². The minimum absolute atomic E-state index is 0.0896. The van der Waals surface area contributed by atoms with Crippen LogP contribution in [0.25, 0.3) is 0 Å². The van der Waals surface area contributed by atoms with Crippen molar-refractivity contribution in [3.63, 3.8) is 0 Å². The highest BCUT2D eigenvalue weighted by molar-refractivity contribution is 5.91. The van der Waals surface area contributed by atoms with Crippen LogP contribution in [0.2, 0.25) is 0 Å². The molecule has 1 aliphatic rings. The van der Waals surface area contributed by atoms with Gasteiger partial charge < -0.3 is 4.42 Å². The Balaban J connectivity index is 1.75. The lowest BCUT2D eigenvalue weighted by Crippen LogP contribution is -2.35. The first-order valence-corrected chi connectivity index (χ1v) is 9.77. The number of carbonyl (C=O) groups is 1. The van der Waals surface area contributed by atoms with Gasteiger partial charge in [-0.1, -0.05) is 44.2 Å². The van der Waals surface area contributed by atoms with Gasteiger partial charge in [0.25, 0.3) is 5.89 Å². The molecule has 1 atom stereocenters. The number of hydrogen-bond donors (Lipinski definition) is 1. The van der Waals surface area contributed by atoms with Gasteiger partial charge in [-0.25, -0.2) is 4.98 Å². The largest absolute Gasteiger partial charge is 0.435 e. The van der Waals surface area contributed by atoms with Crippen LogP contribution in [0.15, 0.2) is 34.7 Å². The molecular formula is C22H27N3O2. The van der Waals surface area contributed by atoms with E-state index < -0.39 is 5.54 Å². The number of rotatable bonds is 8. The molecule has 0 aliphatic carbocycles. The van der Waals surface area contributed by atoms with E-state index >= 15 is 0 Å². The van der Waals surface area contributed by atoms with Crippen molar-refractivity contribution in [2.24, 2.45) is 5.92 Å². The fourth-order valence-electron chi connectivity index (χ4n) is 3.62. The van der Waals surface area contributed by atoms with Crippen LogP contribution >= 0.6 is 0 Å². The van der Waals surface area contributed by atoms with E-state index in [9.17, 15) is 10.1 Å². The number of nitriles is 1. The molecule has 0 saturated carbocycles. The summed E-state index contributed by atoms with van der Waals surface area (Å²) in [6.45, 7) is 4.97. The van der Waals surface area contributed by atoms with Crippen molar-refractivity contribution in [2.45, 2.75) is 57.9 Å². The number of aromatic nitrogens is 1. The van der Waals surface area contributed by atoms with E-state index in [1.54, 1.807) is 0 Å². The molecule has 1 aliphatic heterocycles. The Bertz CT molecular complexity index is 812. The molecule has 1 fully saturated rings. The molecular weight excluding hydrogens is 338 g/mol. The van der Waals surface area contributed by atoms with Crippen molar-refractivity contribution in [3.8, 4) is 6.07 Å². The Morgan fingerprint density at radius 2 is 2.15 bits per heavy atom. The summed E-state index contributed by atoms with van der Waals surface area (Å²) in [7, 11) is 0. The highest BCUT2D eigenvalue weighted by atomic mass is 16.4. The third kappa shape index (κ3) is 4.45. The molecule has 27 heavy (non-hydrogen) atoms. The van der Waals surface area contributed by atoms with E-state index in [4.69, 9.17) is 4.42 Å². The lowest BCUT2D eigenvalue weighted by Gasteiger charge is -2.19. The van der Waals surface area contributed by atoms with Crippen molar-refractivity contribution in [1.82, 2.24) is 10.3 Å². The lowest BCUT2D eigenvalue weighted by molar-refractivity contribution is 0.0943. The predicted octanol–water partition coefficient (Wildman–Crippen LogP) is 4.18. The summed E-state index contributed by atoms with van der Waals surface area (Å²) >= 11 is 0. The van der Waals surface area contributed by atoms with E-state index in [2.05, 4.69) is 42.4 Å². The molecule has 2 aromatic rings. The standard InChI is InChI=1S/C22H27N3O2/c1-16(2)14-18-20(22(15-23)12-7-13-24-22)27-21(25-18)19(26)11-6-10-17-8-4-3-5-9-17/h3-5,8-9,16,24H,6-7,10-14H2,1-2H3/t22-/m0/s1. The van der Waals surface area contributed by atoms with Crippen molar-refractivity contribution in [2.75, 3.05) is 6.54 Å². The molecule has 0 radical (unpaired) electrons. The van der Waals surface area contributed by atoms with Gasteiger partial charge in [0.1, 0.15) is 0 Å². The van der Waals surface area contributed by atoms with Crippen molar-refractivity contribution in [3.05, 3.63) is 53.2 Å². The fraction of sp³-hybridized carbons (Fsp3) is 0.500. The Morgan fingerprint density at radius 1 is 1.37 bits per heavy atom. The molecule has 0 bridgehead atoms. The summed E-state index contributed by atoms with van der Waals surface area (Å²) in [4.78, 5) is 17.1. The SMILES string of the molecule is CC(C)Cc1nc(C(=O)CCCc2ccccc2)oc1[C@@]1(C#N)CCCN1. The first-order valence-electron chi connectivity index (χ1n) is 9.77. The molecule has 0 unspecified atom stereocenters. The van der Waals surface area contributed by atoms with Gasteiger partial charge in [0.05, 0.1) is 11.8 Å². The Labute approximate surface area is 160 Å². The average Bonchev–Trinajstić information content (AvgIpc) is 3.30. The summed E-state index contributed by atoms with van der Waals surface area (Å²) in [5, 5.41) is 13.0. The second kappa shape index (κ2) is 8.49. The second-order valence-electron chi connectivity index (χ2n) is 7.70. The molecule has 1 saturated heterocycles. The molecule has 0 spiro atoms. The van der Waals surface area contributed by atoms with Crippen LogP contribution in [0.5, 0.6) is 0 Å². The number of Topliss-reactive ketones (excluding diaryl/α,β-unsaturated/α-hetero) is 1. The molecule has 1 aromatic carbocycles. The summed E-state index contributed by atoms with van der Waals surface area (Å²) in [5.74, 6) is 0.972. The highest BCUT2D eigenvalue weighted by Gasteiger charge is 2.42. The van der Waals surface area contributed by atoms with Gasteiger partial charge in [-0.2, -0.15) is 5.26 Å². The van der Waals surface area contributed by atoms with Crippen molar-refractivity contribution >= 4 is 5.78 Å². The summed E-state index contributed by atoms with van der Waals surface area (Å²) in [5.41, 5.74) is 1.12. The first kappa shape index (κ1) is 19.3. The number of nitrogens with zero attached hydrogens (tertiary/aromatic N) is 2. The Hall–Kier alpha value is -2.45. The van der Waals surface area contributed by atoms with Gasteiger partial charge in [0.2, 0.25) is 5.78 Å². The maximum atomic E-state index is 12.6. The van der Waals surface area contributed by atoms with E-state index in [1.807, 2.05) is 18.2 Å². The van der Waals surface area contributed by atoms with E-state index in [0.29, 0.717) is 30.9 Å². The maximum Gasteiger partial charge on any atom is 0.263 e. The van der Waals surface area contributed by atoms with Crippen LogP contribution in [0.3, 0.4) is 0 Å².